The van der Waals surface area contributed by atoms with Gasteiger partial charge in [-0.3, -0.25) is 9.59 Å². The standard InChI is InChI=1S/C16H18F2N2O3/c1-11(13-3-2-12(17)9-14(13)18)8-15(22)19-4-6-20(7-5-19)16(23)10-21/h2-3,8-9,21H,4-7,10H2,1H3/b11-8-. The fourth-order valence-corrected chi connectivity index (χ4v) is 2.44. The minimum absolute atomic E-state index is 0.175. The molecule has 0 unspecified atom stereocenters. The minimum atomic E-state index is -0.718. The van der Waals surface area contributed by atoms with Crippen LogP contribution in [0.1, 0.15) is 12.5 Å². The third-order valence-corrected chi connectivity index (χ3v) is 3.78. The second-order valence-corrected chi connectivity index (χ2v) is 5.32. The van der Waals surface area contributed by atoms with Gasteiger partial charge in [-0.2, -0.15) is 0 Å². The summed E-state index contributed by atoms with van der Waals surface area (Å²) < 4.78 is 26.6. The molecule has 7 heteroatoms. The number of aliphatic hydroxyl groups is 1. The molecule has 0 bridgehead atoms. The highest BCUT2D eigenvalue weighted by molar-refractivity contribution is 5.95. The molecule has 1 aromatic rings. The second-order valence-electron chi connectivity index (χ2n) is 5.32. The summed E-state index contributed by atoms with van der Waals surface area (Å²) in [5, 5.41) is 8.81. The van der Waals surface area contributed by atoms with Crippen molar-refractivity contribution in [3.63, 3.8) is 0 Å². The number of hydrogen-bond donors (Lipinski definition) is 1. The van der Waals surface area contributed by atoms with Crippen LogP contribution in [-0.4, -0.2) is 59.5 Å². The number of allylic oxidation sites excluding steroid dienone is 1. The molecule has 2 rings (SSSR count). The predicted molar refractivity (Wildman–Crippen MR) is 80.3 cm³/mol. The summed E-state index contributed by atoms with van der Waals surface area (Å²) in [7, 11) is 0. The van der Waals surface area contributed by atoms with Gasteiger partial charge in [0.15, 0.2) is 0 Å². The minimum Gasteiger partial charge on any atom is -0.387 e. The Balaban J connectivity index is 2.02. The lowest BCUT2D eigenvalue weighted by molar-refractivity contribution is -0.139. The van der Waals surface area contributed by atoms with Crippen LogP contribution >= 0.6 is 0 Å². The second kappa shape index (κ2) is 7.32. The predicted octanol–water partition coefficient (Wildman–Crippen LogP) is 1.03. The highest BCUT2D eigenvalue weighted by atomic mass is 19.1. The van der Waals surface area contributed by atoms with Gasteiger partial charge in [-0.1, -0.05) is 0 Å². The fraction of sp³-hybridized carbons (Fsp3) is 0.375. The Bertz CT molecular complexity index is 638. The fourth-order valence-electron chi connectivity index (χ4n) is 2.44. The zero-order valence-electron chi connectivity index (χ0n) is 12.8. The van der Waals surface area contributed by atoms with E-state index < -0.39 is 18.2 Å². The van der Waals surface area contributed by atoms with Crippen molar-refractivity contribution in [2.45, 2.75) is 6.92 Å². The van der Waals surface area contributed by atoms with Crippen LogP contribution in [0, 0.1) is 11.6 Å². The first-order chi connectivity index (χ1) is 10.9. The van der Waals surface area contributed by atoms with Crippen molar-refractivity contribution in [2.24, 2.45) is 0 Å². The number of nitrogens with zero attached hydrogens (tertiary/aromatic N) is 2. The van der Waals surface area contributed by atoms with E-state index in [0.29, 0.717) is 31.8 Å². The molecule has 0 spiro atoms. The van der Waals surface area contributed by atoms with E-state index in [1.165, 1.54) is 17.0 Å². The maximum absolute atomic E-state index is 13.7. The molecule has 0 radical (unpaired) electrons. The lowest BCUT2D eigenvalue weighted by Gasteiger charge is -2.34. The molecule has 0 aliphatic carbocycles. The van der Waals surface area contributed by atoms with E-state index in [2.05, 4.69) is 0 Å². The topological polar surface area (TPSA) is 60.9 Å². The van der Waals surface area contributed by atoms with Crippen molar-refractivity contribution >= 4 is 17.4 Å². The summed E-state index contributed by atoms with van der Waals surface area (Å²) in [6, 6.07) is 3.21. The molecule has 1 aliphatic rings. The van der Waals surface area contributed by atoms with Gasteiger partial charge in [0.25, 0.3) is 0 Å². The molecule has 1 aromatic carbocycles. The van der Waals surface area contributed by atoms with E-state index >= 15 is 0 Å². The van der Waals surface area contributed by atoms with Gasteiger partial charge in [-0.25, -0.2) is 8.78 Å². The molecule has 1 saturated heterocycles. The maximum atomic E-state index is 13.7. The summed E-state index contributed by atoms with van der Waals surface area (Å²) in [5.74, 6) is -2.04. The van der Waals surface area contributed by atoms with E-state index in [1.54, 1.807) is 11.8 Å². The first kappa shape index (κ1) is 17.1. The molecule has 1 heterocycles. The van der Waals surface area contributed by atoms with Crippen LogP contribution in [0.2, 0.25) is 0 Å². The van der Waals surface area contributed by atoms with Gasteiger partial charge in [0.1, 0.15) is 18.2 Å². The Morgan fingerprint density at radius 1 is 1.17 bits per heavy atom. The summed E-state index contributed by atoms with van der Waals surface area (Å²) in [4.78, 5) is 26.6. The van der Waals surface area contributed by atoms with Crippen molar-refractivity contribution < 1.29 is 23.5 Å². The van der Waals surface area contributed by atoms with Gasteiger partial charge in [0.2, 0.25) is 11.8 Å². The number of halogens is 2. The summed E-state index contributed by atoms with van der Waals surface area (Å²) in [6.07, 6.45) is 1.31. The molecule has 0 saturated carbocycles. The molecule has 5 nitrogen and oxygen atoms in total. The average molecular weight is 324 g/mol. The molecule has 1 N–H and O–H groups in total. The molecule has 124 valence electrons. The molecular formula is C16H18F2N2O3. The maximum Gasteiger partial charge on any atom is 0.248 e. The Morgan fingerprint density at radius 3 is 2.35 bits per heavy atom. The highest BCUT2D eigenvalue weighted by Gasteiger charge is 2.22. The van der Waals surface area contributed by atoms with Crippen molar-refractivity contribution in [1.29, 1.82) is 0 Å². The zero-order chi connectivity index (χ0) is 17.0. The summed E-state index contributed by atoms with van der Waals surface area (Å²) >= 11 is 0. The SMILES string of the molecule is C/C(=C/C(=O)N1CCN(C(=O)CO)CC1)c1ccc(F)cc1F. The Labute approximate surface area is 132 Å². The Kier molecular flexibility index (Phi) is 5.44. The average Bonchev–Trinajstić information content (AvgIpc) is 2.54. The van der Waals surface area contributed by atoms with Gasteiger partial charge in [-0.15, -0.1) is 0 Å². The van der Waals surface area contributed by atoms with Crippen LogP contribution < -0.4 is 0 Å². The Morgan fingerprint density at radius 2 is 1.78 bits per heavy atom. The van der Waals surface area contributed by atoms with Crippen LogP contribution in [0.3, 0.4) is 0 Å². The van der Waals surface area contributed by atoms with Crippen LogP contribution in [0.5, 0.6) is 0 Å². The van der Waals surface area contributed by atoms with Gasteiger partial charge in [0.05, 0.1) is 0 Å². The number of rotatable bonds is 3. The van der Waals surface area contributed by atoms with Crippen molar-refractivity contribution in [2.75, 3.05) is 32.8 Å². The Hall–Kier alpha value is -2.28. The first-order valence-corrected chi connectivity index (χ1v) is 7.23. The number of carbonyl (C=O) groups excluding carboxylic acids is 2. The van der Waals surface area contributed by atoms with Gasteiger partial charge >= 0.3 is 0 Å². The van der Waals surface area contributed by atoms with E-state index in [9.17, 15) is 18.4 Å². The van der Waals surface area contributed by atoms with Crippen LogP contribution in [0.4, 0.5) is 8.78 Å². The summed E-state index contributed by atoms with van der Waals surface area (Å²) in [5.41, 5.74) is 0.579. The van der Waals surface area contributed by atoms with Gasteiger partial charge in [-0.05, 0) is 24.6 Å². The van der Waals surface area contributed by atoms with E-state index in [4.69, 9.17) is 5.11 Å². The smallest absolute Gasteiger partial charge is 0.248 e. The monoisotopic (exact) mass is 324 g/mol. The largest absolute Gasteiger partial charge is 0.387 e. The quantitative estimate of drug-likeness (QED) is 0.845. The molecule has 1 fully saturated rings. The van der Waals surface area contributed by atoms with E-state index in [-0.39, 0.29) is 17.4 Å². The third-order valence-electron chi connectivity index (χ3n) is 3.78. The third kappa shape index (κ3) is 4.13. The zero-order valence-corrected chi connectivity index (χ0v) is 12.8. The molecular weight excluding hydrogens is 306 g/mol. The van der Waals surface area contributed by atoms with Crippen molar-refractivity contribution in [3.8, 4) is 0 Å². The first-order valence-electron chi connectivity index (χ1n) is 7.23. The lowest BCUT2D eigenvalue weighted by atomic mass is 10.1. The number of benzene rings is 1. The normalized spacial score (nSPS) is 15.7. The van der Waals surface area contributed by atoms with Gasteiger partial charge in [0, 0.05) is 43.9 Å². The molecule has 0 aromatic heterocycles. The molecule has 23 heavy (non-hydrogen) atoms. The van der Waals surface area contributed by atoms with E-state index in [0.717, 1.165) is 12.1 Å². The number of aliphatic hydroxyl groups excluding tert-OH is 1. The summed E-state index contributed by atoms with van der Waals surface area (Å²) in [6.45, 7) is 2.43. The van der Waals surface area contributed by atoms with Crippen LogP contribution in [0.15, 0.2) is 24.3 Å². The highest BCUT2D eigenvalue weighted by Crippen LogP contribution is 2.19. The van der Waals surface area contributed by atoms with Crippen LogP contribution in [-0.2, 0) is 9.59 Å². The van der Waals surface area contributed by atoms with E-state index in [1.807, 2.05) is 0 Å². The lowest BCUT2D eigenvalue weighted by Crippen LogP contribution is -2.50. The van der Waals surface area contributed by atoms with Crippen molar-refractivity contribution in [1.82, 2.24) is 9.80 Å². The number of amides is 2. The molecule has 1 aliphatic heterocycles. The number of piperazine rings is 1. The number of hydrogen-bond acceptors (Lipinski definition) is 3. The van der Waals surface area contributed by atoms with Crippen molar-refractivity contribution in [3.05, 3.63) is 41.5 Å². The number of carbonyl (C=O) groups is 2. The van der Waals surface area contributed by atoms with Crippen LogP contribution in [0.25, 0.3) is 5.57 Å². The molecule has 0 atom stereocenters. The van der Waals surface area contributed by atoms with Gasteiger partial charge < -0.3 is 14.9 Å². The molecule has 2 amide bonds.